The van der Waals surface area contributed by atoms with E-state index in [2.05, 4.69) is 5.32 Å². The van der Waals surface area contributed by atoms with Gasteiger partial charge in [0, 0.05) is 5.54 Å². The Morgan fingerprint density at radius 1 is 1.50 bits per heavy atom. The van der Waals surface area contributed by atoms with Crippen LogP contribution in [0, 0.1) is 5.82 Å². The van der Waals surface area contributed by atoms with Crippen molar-refractivity contribution < 1.29 is 9.50 Å². The first-order chi connectivity index (χ1) is 6.65. The fourth-order valence-electron chi connectivity index (χ4n) is 1.73. The van der Waals surface area contributed by atoms with E-state index in [0.29, 0.717) is 12.0 Å². The Morgan fingerprint density at radius 2 is 2.21 bits per heavy atom. The Morgan fingerprint density at radius 3 is 2.79 bits per heavy atom. The Bertz CT molecular complexity index is 347. The van der Waals surface area contributed by atoms with E-state index in [9.17, 15) is 9.50 Å². The second-order valence-electron chi connectivity index (χ2n) is 3.98. The van der Waals surface area contributed by atoms with Gasteiger partial charge in [-0.15, -0.1) is 0 Å². The first-order valence-electron chi connectivity index (χ1n) is 4.81. The number of phenols is 1. The first kappa shape index (κ1) is 9.46. The molecule has 1 aromatic carbocycles. The molecule has 0 amide bonds. The van der Waals surface area contributed by atoms with Gasteiger partial charge in [-0.1, -0.05) is 0 Å². The van der Waals surface area contributed by atoms with E-state index in [1.165, 1.54) is 18.2 Å². The molecule has 0 unspecified atom stereocenters. The van der Waals surface area contributed by atoms with Gasteiger partial charge in [-0.25, -0.2) is 4.39 Å². The van der Waals surface area contributed by atoms with Gasteiger partial charge in [0.05, 0.1) is 0 Å². The summed E-state index contributed by atoms with van der Waals surface area (Å²) in [6, 6.07) is 4.10. The maximum absolute atomic E-state index is 12.9. The summed E-state index contributed by atoms with van der Waals surface area (Å²) in [5.74, 6) is -0.0994. The number of hydrogen-bond acceptors (Lipinski definition) is 2. The summed E-state index contributed by atoms with van der Waals surface area (Å²) in [5, 5.41) is 12.7. The zero-order valence-corrected chi connectivity index (χ0v) is 8.18. The zero-order chi connectivity index (χ0) is 10.2. The summed E-state index contributed by atoms with van der Waals surface area (Å²) in [5.41, 5.74) is 0.794. The third-order valence-corrected chi connectivity index (χ3v) is 2.95. The number of nitrogens with one attached hydrogen (secondary N) is 1. The van der Waals surface area contributed by atoms with Crippen molar-refractivity contribution in [2.75, 3.05) is 7.05 Å². The molecule has 1 saturated carbocycles. The third-order valence-electron chi connectivity index (χ3n) is 2.95. The number of rotatable bonds is 3. The van der Waals surface area contributed by atoms with E-state index < -0.39 is 0 Å². The smallest absolute Gasteiger partial charge is 0.123 e. The minimum absolute atomic E-state index is 0.102. The summed E-state index contributed by atoms with van der Waals surface area (Å²) < 4.78 is 12.9. The van der Waals surface area contributed by atoms with Gasteiger partial charge in [0.15, 0.2) is 0 Å². The first-order valence-corrected chi connectivity index (χ1v) is 4.81. The van der Waals surface area contributed by atoms with Crippen molar-refractivity contribution in [1.82, 2.24) is 5.32 Å². The Hall–Kier alpha value is -1.09. The predicted octanol–water partition coefficient (Wildman–Crippen LogP) is 1.83. The third kappa shape index (κ3) is 1.73. The molecule has 0 radical (unpaired) electrons. The number of likely N-dealkylation sites (N-methyl/N-ethyl adjacent to an activating group) is 1. The number of hydrogen-bond donors (Lipinski definition) is 2. The average molecular weight is 195 g/mol. The summed E-state index contributed by atoms with van der Waals surface area (Å²) in [6.45, 7) is 0. The van der Waals surface area contributed by atoms with Gasteiger partial charge in [-0.3, -0.25) is 0 Å². The maximum atomic E-state index is 12.9. The van der Waals surface area contributed by atoms with Crippen LogP contribution in [0.3, 0.4) is 0 Å². The molecule has 2 nitrogen and oxygen atoms in total. The second-order valence-corrected chi connectivity index (χ2v) is 3.98. The van der Waals surface area contributed by atoms with Gasteiger partial charge in [-0.2, -0.15) is 0 Å². The molecule has 1 aliphatic rings. The molecule has 0 bridgehead atoms. The van der Waals surface area contributed by atoms with E-state index in [1.54, 1.807) is 0 Å². The lowest BCUT2D eigenvalue weighted by Crippen LogP contribution is -2.29. The highest BCUT2D eigenvalue weighted by molar-refractivity contribution is 5.35. The molecular formula is C11H14FNO. The van der Waals surface area contributed by atoms with Crippen LogP contribution in [0.5, 0.6) is 5.75 Å². The lowest BCUT2D eigenvalue weighted by Gasteiger charge is -2.14. The molecule has 0 atom stereocenters. The summed E-state index contributed by atoms with van der Waals surface area (Å²) in [7, 11) is 1.91. The average Bonchev–Trinajstić information content (AvgIpc) is 2.92. The van der Waals surface area contributed by atoms with Crippen molar-refractivity contribution in [2.24, 2.45) is 0 Å². The minimum Gasteiger partial charge on any atom is -0.508 e. The van der Waals surface area contributed by atoms with E-state index in [1.807, 2.05) is 7.05 Å². The standard InChI is InChI=1S/C11H14FNO/c1-13-11(4-5-11)7-8-6-9(12)2-3-10(8)14/h2-3,6,13-14H,4-5,7H2,1H3. The van der Waals surface area contributed by atoms with Crippen LogP contribution in [0.4, 0.5) is 4.39 Å². The second kappa shape index (κ2) is 3.24. The Balaban J connectivity index is 2.20. The largest absolute Gasteiger partial charge is 0.508 e. The number of phenolic OH excluding ortho intramolecular Hbond substituents is 1. The quantitative estimate of drug-likeness (QED) is 0.771. The van der Waals surface area contributed by atoms with Gasteiger partial charge < -0.3 is 10.4 Å². The van der Waals surface area contributed by atoms with Crippen molar-refractivity contribution in [1.29, 1.82) is 0 Å². The fourth-order valence-corrected chi connectivity index (χ4v) is 1.73. The van der Waals surface area contributed by atoms with Crippen LogP contribution in [-0.4, -0.2) is 17.7 Å². The van der Waals surface area contributed by atoms with Crippen molar-refractivity contribution in [3.8, 4) is 5.75 Å². The normalized spacial score (nSPS) is 18.1. The van der Waals surface area contributed by atoms with Crippen LogP contribution in [0.1, 0.15) is 18.4 Å². The van der Waals surface area contributed by atoms with Crippen molar-refractivity contribution >= 4 is 0 Å². The molecule has 2 N–H and O–H groups in total. The SMILES string of the molecule is CNC1(Cc2cc(F)ccc2O)CC1. The molecule has 1 fully saturated rings. The molecule has 0 saturated heterocycles. The van der Waals surface area contributed by atoms with Crippen LogP contribution in [0.2, 0.25) is 0 Å². The molecule has 2 rings (SSSR count). The van der Waals surface area contributed by atoms with Crippen LogP contribution >= 0.6 is 0 Å². The molecule has 1 aliphatic carbocycles. The van der Waals surface area contributed by atoms with E-state index in [0.717, 1.165) is 12.8 Å². The molecule has 76 valence electrons. The van der Waals surface area contributed by atoms with Crippen LogP contribution < -0.4 is 5.32 Å². The van der Waals surface area contributed by atoms with E-state index in [-0.39, 0.29) is 17.1 Å². The predicted molar refractivity (Wildman–Crippen MR) is 52.8 cm³/mol. The maximum Gasteiger partial charge on any atom is 0.123 e. The van der Waals surface area contributed by atoms with Gasteiger partial charge in [0.25, 0.3) is 0 Å². The van der Waals surface area contributed by atoms with Crippen molar-refractivity contribution in [3.63, 3.8) is 0 Å². The number of aromatic hydroxyl groups is 1. The summed E-state index contributed by atoms with van der Waals surface area (Å²) >= 11 is 0. The van der Waals surface area contributed by atoms with Crippen LogP contribution in [0.15, 0.2) is 18.2 Å². The molecule has 0 aliphatic heterocycles. The highest BCUT2D eigenvalue weighted by Crippen LogP contribution is 2.39. The topological polar surface area (TPSA) is 32.3 Å². The summed E-state index contributed by atoms with van der Waals surface area (Å²) in [6.07, 6.45) is 2.89. The number of benzene rings is 1. The molecule has 3 heteroatoms. The van der Waals surface area contributed by atoms with Gasteiger partial charge in [0.1, 0.15) is 11.6 Å². The van der Waals surface area contributed by atoms with Crippen molar-refractivity contribution in [2.45, 2.75) is 24.8 Å². The van der Waals surface area contributed by atoms with Crippen LogP contribution in [0.25, 0.3) is 0 Å². The monoisotopic (exact) mass is 195 g/mol. The fraction of sp³-hybridized carbons (Fsp3) is 0.455. The van der Waals surface area contributed by atoms with E-state index >= 15 is 0 Å². The Kier molecular flexibility index (Phi) is 2.19. The molecule has 14 heavy (non-hydrogen) atoms. The highest BCUT2D eigenvalue weighted by Gasteiger charge is 2.41. The zero-order valence-electron chi connectivity index (χ0n) is 8.18. The molecule has 0 aromatic heterocycles. The summed E-state index contributed by atoms with van der Waals surface area (Å²) in [4.78, 5) is 0. The van der Waals surface area contributed by atoms with E-state index in [4.69, 9.17) is 0 Å². The van der Waals surface area contributed by atoms with Gasteiger partial charge >= 0.3 is 0 Å². The molecular weight excluding hydrogens is 181 g/mol. The van der Waals surface area contributed by atoms with Crippen molar-refractivity contribution in [3.05, 3.63) is 29.6 Å². The number of halogens is 1. The molecule has 0 spiro atoms. The lowest BCUT2D eigenvalue weighted by molar-refractivity contribution is 0.454. The Labute approximate surface area is 82.8 Å². The lowest BCUT2D eigenvalue weighted by atomic mass is 10.0. The van der Waals surface area contributed by atoms with Gasteiger partial charge in [-0.05, 0) is 50.1 Å². The minimum atomic E-state index is -0.287. The van der Waals surface area contributed by atoms with Crippen LogP contribution in [-0.2, 0) is 6.42 Å². The molecule has 1 aromatic rings. The van der Waals surface area contributed by atoms with Gasteiger partial charge in [0.2, 0.25) is 0 Å². The molecule has 0 heterocycles. The highest BCUT2D eigenvalue weighted by atomic mass is 19.1.